The molecule has 0 aliphatic heterocycles. The summed E-state index contributed by atoms with van der Waals surface area (Å²) in [6.45, 7) is 3.32. The van der Waals surface area contributed by atoms with Gasteiger partial charge in [0, 0.05) is 0 Å². The summed E-state index contributed by atoms with van der Waals surface area (Å²) in [7, 11) is 0. The first-order valence-electron chi connectivity index (χ1n) is 6.85. The zero-order valence-corrected chi connectivity index (χ0v) is 12.4. The number of carbonyl (C=O) groups is 1. The third-order valence-electron chi connectivity index (χ3n) is 3.14. The second-order valence-corrected chi connectivity index (χ2v) is 4.77. The standard InChI is InChI=1S/C14H15F3N4O2/c1-3-11-12(20-21-19-11)18-13(22)23-8(2)9-5-4-6-10(7-9)14(15,16)17/h4-8H,3H2,1-2H3,(H2,18,19,20,21,22)/t8-/m1/s1. The lowest BCUT2D eigenvalue weighted by atomic mass is 10.1. The van der Waals surface area contributed by atoms with Gasteiger partial charge in [0.15, 0.2) is 5.82 Å². The summed E-state index contributed by atoms with van der Waals surface area (Å²) in [5.74, 6) is 0.230. The molecule has 23 heavy (non-hydrogen) atoms. The number of hydrogen-bond acceptors (Lipinski definition) is 4. The monoisotopic (exact) mass is 328 g/mol. The predicted molar refractivity (Wildman–Crippen MR) is 75.7 cm³/mol. The number of aromatic amines is 1. The maximum Gasteiger partial charge on any atom is 0.416 e. The third-order valence-corrected chi connectivity index (χ3v) is 3.14. The minimum absolute atomic E-state index is 0.230. The molecule has 0 bridgehead atoms. The van der Waals surface area contributed by atoms with Crippen LogP contribution in [0.2, 0.25) is 0 Å². The minimum atomic E-state index is -4.45. The number of halogens is 3. The van der Waals surface area contributed by atoms with Crippen molar-refractivity contribution in [2.75, 3.05) is 5.32 Å². The SMILES string of the molecule is CCc1n[nH]nc1NC(=O)O[C@H](C)c1cccc(C(F)(F)F)c1. The van der Waals surface area contributed by atoms with Gasteiger partial charge in [0.2, 0.25) is 0 Å². The summed E-state index contributed by atoms with van der Waals surface area (Å²) in [6, 6.07) is 4.63. The number of aryl methyl sites for hydroxylation is 1. The van der Waals surface area contributed by atoms with Crippen LogP contribution < -0.4 is 5.32 Å². The van der Waals surface area contributed by atoms with Crippen molar-refractivity contribution in [1.29, 1.82) is 0 Å². The number of carbonyl (C=O) groups excluding carboxylic acids is 1. The Labute approximate surface area is 130 Å². The highest BCUT2D eigenvalue weighted by Crippen LogP contribution is 2.31. The predicted octanol–water partition coefficient (Wildman–Crippen LogP) is 3.70. The number of rotatable bonds is 4. The number of benzene rings is 1. The lowest BCUT2D eigenvalue weighted by Gasteiger charge is -2.15. The molecule has 1 atom stereocenters. The lowest BCUT2D eigenvalue weighted by Crippen LogP contribution is -2.17. The summed E-state index contributed by atoms with van der Waals surface area (Å²) in [4.78, 5) is 11.8. The number of aromatic nitrogens is 3. The van der Waals surface area contributed by atoms with Crippen LogP contribution in [0.25, 0.3) is 0 Å². The van der Waals surface area contributed by atoms with Crippen molar-refractivity contribution >= 4 is 11.9 Å². The molecule has 0 spiro atoms. The summed E-state index contributed by atoms with van der Waals surface area (Å²) >= 11 is 0. The van der Waals surface area contributed by atoms with E-state index in [1.165, 1.54) is 19.1 Å². The van der Waals surface area contributed by atoms with Crippen LogP contribution in [-0.4, -0.2) is 21.5 Å². The van der Waals surface area contributed by atoms with E-state index in [0.717, 1.165) is 12.1 Å². The number of hydrogen-bond donors (Lipinski definition) is 2. The first-order valence-corrected chi connectivity index (χ1v) is 6.85. The second kappa shape index (κ2) is 6.67. The fraction of sp³-hybridized carbons (Fsp3) is 0.357. The smallest absolute Gasteiger partial charge is 0.416 e. The van der Waals surface area contributed by atoms with Gasteiger partial charge in [0.1, 0.15) is 11.8 Å². The molecule has 0 saturated heterocycles. The number of alkyl halides is 3. The molecule has 2 aromatic rings. The van der Waals surface area contributed by atoms with Crippen molar-refractivity contribution in [1.82, 2.24) is 15.4 Å². The number of amides is 1. The van der Waals surface area contributed by atoms with Crippen molar-refractivity contribution in [3.63, 3.8) is 0 Å². The highest BCUT2D eigenvalue weighted by molar-refractivity contribution is 5.84. The highest BCUT2D eigenvalue weighted by atomic mass is 19.4. The average Bonchev–Trinajstić information content (AvgIpc) is 2.93. The number of nitrogens with zero attached hydrogens (tertiary/aromatic N) is 2. The van der Waals surface area contributed by atoms with Crippen LogP contribution in [-0.2, 0) is 17.3 Å². The van der Waals surface area contributed by atoms with E-state index in [1.54, 1.807) is 0 Å². The molecule has 124 valence electrons. The van der Waals surface area contributed by atoms with Crippen LogP contribution in [0.3, 0.4) is 0 Å². The summed E-state index contributed by atoms with van der Waals surface area (Å²) in [5.41, 5.74) is -0.00450. The van der Waals surface area contributed by atoms with Gasteiger partial charge in [-0.3, -0.25) is 5.32 Å². The average molecular weight is 328 g/mol. The topological polar surface area (TPSA) is 79.9 Å². The second-order valence-electron chi connectivity index (χ2n) is 4.77. The first kappa shape index (κ1) is 16.8. The number of H-pyrrole nitrogens is 1. The molecular formula is C14H15F3N4O2. The van der Waals surface area contributed by atoms with Crippen LogP contribution >= 0.6 is 0 Å². The third kappa shape index (κ3) is 4.21. The van der Waals surface area contributed by atoms with Crippen LogP contribution in [0.4, 0.5) is 23.8 Å². The molecule has 2 N–H and O–H groups in total. The van der Waals surface area contributed by atoms with Gasteiger partial charge in [-0.15, -0.1) is 5.10 Å². The van der Waals surface area contributed by atoms with E-state index in [4.69, 9.17) is 4.74 Å². The zero-order chi connectivity index (χ0) is 17.0. The molecule has 1 aromatic heterocycles. The van der Waals surface area contributed by atoms with Gasteiger partial charge >= 0.3 is 12.3 Å². The van der Waals surface area contributed by atoms with E-state index in [9.17, 15) is 18.0 Å². The van der Waals surface area contributed by atoms with Gasteiger partial charge in [-0.05, 0) is 31.0 Å². The minimum Gasteiger partial charge on any atom is -0.441 e. The molecule has 0 saturated carbocycles. The van der Waals surface area contributed by atoms with E-state index >= 15 is 0 Å². The molecule has 0 radical (unpaired) electrons. The fourth-order valence-corrected chi connectivity index (χ4v) is 1.92. The van der Waals surface area contributed by atoms with Gasteiger partial charge in [-0.25, -0.2) is 4.79 Å². The molecule has 0 aliphatic rings. The van der Waals surface area contributed by atoms with E-state index in [2.05, 4.69) is 20.7 Å². The van der Waals surface area contributed by atoms with Crippen molar-refractivity contribution in [2.24, 2.45) is 0 Å². The Morgan fingerprint density at radius 3 is 2.78 bits per heavy atom. The van der Waals surface area contributed by atoms with Crippen LogP contribution in [0.5, 0.6) is 0 Å². The maximum absolute atomic E-state index is 12.7. The van der Waals surface area contributed by atoms with Gasteiger partial charge < -0.3 is 4.74 Å². The molecule has 0 fully saturated rings. The summed E-state index contributed by atoms with van der Waals surface area (Å²) < 4.78 is 43.1. The zero-order valence-electron chi connectivity index (χ0n) is 12.4. The quantitative estimate of drug-likeness (QED) is 0.897. The van der Waals surface area contributed by atoms with E-state index in [-0.39, 0.29) is 11.4 Å². The molecule has 6 nitrogen and oxygen atoms in total. The number of ether oxygens (including phenoxy) is 1. The molecule has 1 heterocycles. The Kier molecular flexibility index (Phi) is 4.87. The Morgan fingerprint density at radius 1 is 1.39 bits per heavy atom. The molecule has 1 amide bonds. The number of anilines is 1. The maximum atomic E-state index is 12.7. The van der Waals surface area contributed by atoms with Crippen LogP contribution in [0, 0.1) is 0 Å². The Balaban J connectivity index is 2.04. The normalized spacial score (nSPS) is 12.7. The largest absolute Gasteiger partial charge is 0.441 e. The molecule has 2 rings (SSSR count). The van der Waals surface area contributed by atoms with Crippen LogP contribution in [0.1, 0.15) is 36.8 Å². The van der Waals surface area contributed by atoms with Crippen molar-refractivity contribution in [3.8, 4) is 0 Å². The Morgan fingerprint density at radius 2 is 2.13 bits per heavy atom. The van der Waals surface area contributed by atoms with Gasteiger partial charge in [0.25, 0.3) is 0 Å². The molecule has 0 unspecified atom stereocenters. The summed E-state index contributed by atoms with van der Waals surface area (Å²) in [5, 5.41) is 12.4. The van der Waals surface area contributed by atoms with E-state index < -0.39 is 23.9 Å². The van der Waals surface area contributed by atoms with Gasteiger partial charge in [-0.2, -0.15) is 23.5 Å². The highest BCUT2D eigenvalue weighted by Gasteiger charge is 2.31. The lowest BCUT2D eigenvalue weighted by molar-refractivity contribution is -0.137. The molecule has 0 aliphatic carbocycles. The molecule has 9 heteroatoms. The summed E-state index contributed by atoms with van der Waals surface area (Å²) in [6.07, 6.45) is -5.57. The van der Waals surface area contributed by atoms with Gasteiger partial charge in [-0.1, -0.05) is 19.1 Å². The molecular weight excluding hydrogens is 313 g/mol. The van der Waals surface area contributed by atoms with E-state index in [0.29, 0.717) is 12.1 Å². The van der Waals surface area contributed by atoms with Crippen molar-refractivity contribution in [2.45, 2.75) is 32.5 Å². The Bertz CT molecular complexity index is 685. The van der Waals surface area contributed by atoms with E-state index in [1.807, 2.05) is 6.92 Å². The van der Waals surface area contributed by atoms with Crippen LogP contribution in [0.15, 0.2) is 24.3 Å². The van der Waals surface area contributed by atoms with Gasteiger partial charge in [0.05, 0.1) is 5.56 Å². The molecule has 1 aromatic carbocycles. The van der Waals surface area contributed by atoms with Crippen molar-refractivity contribution < 1.29 is 22.7 Å². The van der Waals surface area contributed by atoms with Crippen molar-refractivity contribution in [3.05, 3.63) is 41.1 Å². The fourth-order valence-electron chi connectivity index (χ4n) is 1.92. The number of nitrogens with one attached hydrogen (secondary N) is 2. The first-order chi connectivity index (χ1) is 10.8. The Hall–Kier alpha value is -2.58.